The van der Waals surface area contributed by atoms with Crippen LogP contribution in [-0.2, 0) is 19.1 Å². The lowest BCUT2D eigenvalue weighted by atomic mass is 10.0. The van der Waals surface area contributed by atoms with E-state index in [9.17, 15) is 19.2 Å². The number of H-pyrrole nitrogens is 2. The molecule has 0 bridgehead atoms. The van der Waals surface area contributed by atoms with E-state index in [1.165, 1.54) is 14.2 Å². The lowest BCUT2D eigenvalue weighted by Crippen LogP contribution is -2.51. The van der Waals surface area contributed by atoms with Crippen LogP contribution in [0.4, 0.5) is 9.59 Å². The van der Waals surface area contributed by atoms with Gasteiger partial charge in [-0.15, -0.1) is 11.3 Å². The number of hydrogen-bond acceptors (Lipinski definition) is 9. The fraction of sp³-hybridized carbons (Fsp3) is 0.450. The first-order valence-electron chi connectivity index (χ1n) is 18.6. The zero-order chi connectivity index (χ0) is 39.2. The van der Waals surface area contributed by atoms with Crippen molar-refractivity contribution in [3.8, 4) is 33.7 Å². The number of aromatic nitrogens is 4. The van der Waals surface area contributed by atoms with Gasteiger partial charge in [-0.3, -0.25) is 9.59 Å². The van der Waals surface area contributed by atoms with Crippen molar-refractivity contribution in [3.05, 3.63) is 70.9 Å². The SMILES string of the molecule is COC(=O)NC(C(=O)N1CCC[C@H]1c1ncc(-c2ccc(C#Cc3ccc(-c4cnc([C@@H]5CCCN5C(=O)[C@@H](NC(=O)OC)C(C)C)[nH]4)cc3)s2)[nH]1)C(C)C. The zero-order valence-electron chi connectivity index (χ0n) is 32.0. The zero-order valence-corrected chi connectivity index (χ0v) is 32.8. The number of thiophene rings is 1. The number of likely N-dealkylation sites (tertiary alicyclic amines) is 2. The minimum Gasteiger partial charge on any atom is -0.453 e. The molecule has 2 saturated heterocycles. The largest absolute Gasteiger partial charge is 0.453 e. The van der Waals surface area contributed by atoms with E-state index in [0.717, 1.165) is 58.0 Å². The van der Waals surface area contributed by atoms with E-state index in [0.29, 0.717) is 24.7 Å². The van der Waals surface area contributed by atoms with Gasteiger partial charge in [0.15, 0.2) is 0 Å². The molecule has 5 heterocycles. The summed E-state index contributed by atoms with van der Waals surface area (Å²) in [4.78, 5) is 72.5. The summed E-state index contributed by atoms with van der Waals surface area (Å²) in [6.45, 7) is 8.76. The van der Waals surface area contributed by atoms with Crippen LogP contribution in [0, 0.1) is 23.7 Å². The van der Waals surface area contributed by atoms with Gasteiger partial charge >= 0.3 is 12.2 Å². The molecule has 15 heteroatoms. The Kier molecular flexibility index (Phi) is 12.2. The number of aromatic amines is 2. The number of carbonyl (C=O) groups excluding carboxylic acids is 4. The van der Waals surface area contributed by atoms with Gasteiger partial charge in [-0.25, -0.2) is 19.6 Å². The Labute approximate surface area is 324 Å². The highest BCUT2D eigenvalue weighted by molar-refractivity contribution is 7.16. The maximum atomic E-state index is 13.5. The van der Waals surface area contributed by atoms with Crippen LogP contribution in [0.2, 0.25) is 0 Å². The second kappa shape index (κ2) is 17.2. The van der Waals surface area contributed by atoms with Crippen molar-refractivity contribution >= 4 is 35.3 Å². The van der Waals surface area contributed by atoms with Crippen LogP contribution >= 0.6 is 11.3 Å². The van der Waals surface area contributed by atoms with Gasteiger partial charge in [0.05, 0.1) is 59.8 Å². The van der Waals surface area contributed by atoms with E-state index >= 15 is 0 Å². The molecule has 4 atom stereocenters. The van der Waals surface area contributed by atoms with E-state index in [1.54, 1.807) is 33.5 Å². The summed E-state index contributed by atoms with van der Waals surface area (Å²) in [5, 5.41) is 5.37. The molecule has 1 unspecified atom stereocenters. The molecule has 0 aliphatic carbocycles. The van der Waals surface area contributed by atoms with E-state index in [2.05, 4.69) is 42.4 Å². The predicted octanol–water partition coefficient (Wildman–Crippen LogP) is 6.02. The number of imidazole rings is 2. The van der Waals surface area contributed by atoms with Gasteiger partial charge in [-0.2, -0.15) is 0 Å². The van der Waals surface area contributed by atoms with Crippen molar-refractivity contribution in [1.29, 1.82) is 0 Å². The normalized spacial score (nSPS) is 17.8. The molecule has 290 valence electrons. The third kappa shape index (κ3) is 8.86. The minimum atomic E-state index is -0.690. The van der Waals surface area contributed by atoms with Crippen LogP contribution in [-0.4, -0.2) is 93.1 Å². The predicted molar refractivity (Wildman–Crippen MR) is 208 cm³/mol. The highest BCUT2D eigenvalue weighted by Gasteiger charge is 2.39. The van der Waals surface area contributed by atoms with Crippen LogP contribution < -0.4 is 10.6 Å². The van der Waals surface area contributed by atoms with Crippen LogP contribution in [0.3, 0.4) is 0 Å². The van der Waals surface area contributed by atoms with Crippen LogP contribution in [0.1, 0.15) is 87.6 Å². The number of nitrogens with zero attached hydrogens (tertiary/aromatic N) is 4. The van der Waals surface area contributed by atoms with Gasteiger partial charge in [0.1, 0.15) is 23.7 Å². The summed E-state index contributed by atoms with van der Waals surface area (Å²) in [6.07, 6.45) is 5.56. The van der Waals surface area contributed by atoms with Crippen molar-refractivity contribution in [2.45, 2.75) is 77.5 Å². The summed E-state index contributed by atoms with van der Waals surface area (Å²) >= 11 is 1.56. The molecule has 14 nitrogen and oxygen atoms in total. The molecule has 1 aromatic carbocycles. The molecule has 4 N–H and O–H groups in total. The van der Waals surface area contributed by atoms with Crippen LogP contribution in [0.5, 0.6) is 0 Å². The number of nitrogens with one attached hydrogen (secondary N) is 4. The third-order valence-electron chi connectivity index (χ3n) is 10.1. The second-order valence-corrected chi connectivity index (χ2v) is 15.5. The van der Waals surface area contributed by atoms with E-state index in [4.69, 9.17) is 9.47 Å². The van der Waals surface area contributed by atoms with E-state index in [-0.39, 0.29) is 35.7 Å². The van der Waals surface area contributed by atoms with Crippen molar-refractivity contribution in [2.24, 2.45) is 11.8 Å². The molecule has 4 amide bonds. The monoisotopic (exact) mass is 768 g/mol. The molecular formula is C40H48N8O6S. The smallest absolute Gasteiger partial charge is 0.407 e. The number of methoxy groups -OCH3 is 2. The van der Waals surface area contributed by atoms with Crippen LogP contribution in [0.25, 0.3) is 21.8 Å². The van der Waals surface area contributed by atoms with E-state index in [1.807, 2.05) is 64.1 Å². The molecule has 4 aromatic rings. The number of amides is 4. The standard InChI is InChI=1S/C40H48N8O6S/c1-23(2)33(45-39(51)53-5)37(49)47-19-7-9-30(47)35-41-21-28(43-35)26-14-11-25(12-15-26)13-16-27-17-18-32(55-27)29-22-42-36(44-29)31-10-8-20-48(31)38(50)34(24(3)4)46-40(52)54-6/h11-12,14-15,17-18,21-24,30-31,33-34H,7-10,19-20H2,1-6H3,(H,41,43)(H,42,44)(H,45,51)(H,46,52)/t30-,31-,33-,34?/m0/s1. The maximum Gasteiger partial charge on any atom is 0.407 e. The average molecular weight is 769 g/mol. The van der Waals surface area contributed by atoms with Gasteiger partial charge in [0.25, 0.3) is 0 Å². The molecule has 2 aliphatic heterocycles. The summed E-state index contributed by atoms with van der Waals surface area (Å²) in [7, 11) is 2.57. The molecule has 2 aliphatic rings. The van der Waals surface area contributed by atoms with Gasteiger partial charge in [0, 0.05) is 18.7 Å². The van der Waals surface area contributed by atoms with Crippen molar-refractivity contribution in [2.75, 3.05) is 27.3 Å². The quantitative estimate of drug-likeness (QED) is 0.142. The minimum absolute atomic E-state index is 0.107. The number of carbonyl (C=O) groups is 4. The maximum absolute atomic E-state index is 13.5. The Hall–Kier alpha value is -5.62. The van der Waals surface area contributed by atoms with Crippen molar-refractivity contribution < 1.29 is 28.7 Å². The van der Waals surface area contributed by atoms with E-state index < -0.39 is 24.3 Å². The first kappa shape index (κ1) is 39.1. The Morgan fingerprint density at radius 2 is 1.25 bits per heavy atom. The fourth-order valence-electron chi connectivity index (χ4n) is 7.09. The van der Waals surface area contributed by atoms with Crippen molar-refractivity contribution in [1.82, 2.24) is 40.4 Å². The number of alkyl carbamates (subject to hydrolysis) is 2. The average Bonchev–Trinajstić information content (AvgIpc) is 4.03. The first-order chi connectivity index (χ1) is 26.5. The second-order valence-electron chi connectivity index (χ2n) is 14.5. The number of hydrogen-bond donors (Lipinski definition) is 4. The topological polar surface area (TPSA) is 175 Å². The summed E-state index contributed by atoms with van der Waals surface area (Å²) in [5.41, 5.74) is 3.50. The molecular weight excluding hydrogens is 721 g/mol. The highest BCUT2D eigenvalue weighted by Crippen LogP contribution is 2.35. The summed E-state index contributed by atoms with van der Waals surface area (Å²) in [5.74, 6) is 7.45. The Morgan fingerprint density at radius 1 is 0.745 bits per heavy atom. The lowest BCUT2D eigenvalue weighted by Gasteiger charge is -2.30. The number of benzene rings is 1. The third-order valence-corrected chi connectivity index (χ3v) is 11.1. The Bertz CT molecular complexity index is 2060. The molecule has 3 aromatic heterocycles. The summed E-state index contributed by atoms with van der Waals surface area (Å²) in [6, 6.07) is 10.1. The van der Waals surface area contributed by atoms with Gasteiger partial charge < -0.3 is 39.9 Å². The highest BCUT2D eigenvalue weighted by atomic mass is 32.1. The molecule has 0 radical (unpaired) electrons. The molecule has 0 saturated carbocycles. The fourth-order valence-corrected chi connectivity index (χ4v) is 7.91. The Morgan fingerprint density at radius 3 is 1.76 bits per heavy atom. The van der Waals surface area contributed by atoms with Crippen molar-refractivity contribution in [3.63, 3.8) is 0 Å². The summed E-state index contributed by atoms with van der Waals surface area (Å²) < 4.78 is 9.49. The molecule has 0 spiro atoms. The molecule has 55 heavy (non-hydrogen) atoms. The van der Waals surface area contributed by atoms with Gasteiger partial charge in [-0.1, -0.05) is 51.7 Å². The lowest BCUT2D eigenvalue weighted by molar-refractivity contribution is -0.136. The first-order valence-corrected chi connectivity index (χ1v) is 19.4. The van der Waals surface area contributed by atoms with Gasteiger partial charge in [-0.05, 0) is 67.3 Å². The molecule has 2 fully saturated rings. The molecule has 6 rings (SSSR count). The number of rotatable bonds is 10. The van der Waals surface area contributed by atoms with Gasteiger partial charge in [0.2, 0.25) is 11.8 Å². The number of ether oxygens (including phenoxy) is 2. The van der Waals surface area contributed by atoms with Crippen LogP contribution in [0.15, 0.2) is 48.8 Å². The Balaban J connectivity index is 1.09.